The van der Waals surface area contributed by atoms with Crippen LogP contribution in [0.5, 0.6) is 0 Å². The van der Waals surface area contributed by atoms with Crippen LogP contribution in [-0.2, 0) is 22.4 Å². The summed E-state index contributed by atoms with van der Waals surface area (Å²) in [6.07, 6.45) is 0. The van der Waals surface area contributed by atoms with E-state index in [1.165, 1.54) is 22.7 Å². The SMILES string of the molecule is N#Cc1ccc2[n-]c3ccccc3c2c1.[Au].c1ccc(N2[CH-]N(c3ccccc3)c3ccccc32)cc1. The maximum atomic E-state index is 8.84. The van der Waals surface area contributed by atoms with Crippen LogP contribution in [0.4, 0.5) is 22.7 Å². The molecule has 1 aliphatic rings. The maximum Gasteiger partial charge on any atom is 0.0991 e. The van der Waals surface area contributed by atoms with Gasteiger partial charge in [-0.3, -0.25) is 0 Å². The molecule has 0 spiro atoms. The van der Waals surface area contributed by atoms with Crippen LogP contribution in [0.15, 0.2) is 127 Å². The summed E-state index contributed by atoms with van der Waals surface area (Å²) in [5, 5.41) is 11.0. The average molecular weight is 660 g/mol. The first kappa shape index (κ1) is 24.4. The maximum absolute atomic E-state index is 8.84. The standard InChI is InChI=1S/C19H15N2.C13H7N2.Au/c1-3-9-16(10-4-1)20-15-21(17-11-5-2-6-12-17)19-14-8-7-13-18(19)20;14-8-9-5-6-13-11(7-9)10-3-1-2-4-12(10)15-13;/h1-15H;1-7H;/q2*-1;. The normalized spacial score (nSPS) is 11.9. The van der Waals surface area contributed by atoms with E-state index < -0.39 is 0 Å². The number of para-hydroxylation sites is 5. The average Bonchev–Trinajstić information content (AvgIpc) is 3.53. The van der Waals surface area contributed by atoms with E-state index >= 15 is 0 Å². The second-order valence-corrected chi connectivity index (χ2v) is 8.49. The number of aromatic nitrogens is 1. The van der Waals surface area contributed by atoms with Gasteiger partial charge in [-0.15, -0.1) is 17.7 Å². The molecule has 4 nitrogen and oxygen atoms in total. The van der Waals surface area contributed by atoms with Crippen molar-refractivity contribution in [2.24, 2.45) is 0 Å². The molecule has 0 saturated heterocycles. The van der Waals surface area contributed by atoms with Crippen molar-refractivity contribution in [2.75, 3.05) is 9.80 Å². The third kappa shape index (κ3) is 4.76. The minimum absolute atomic E-state index is 0. The second kappa shape index (κ2) is 10.8. The van der Waals surface area contributed by atoms with Gasteiger partial charge < -0.3 is 14.8 Å². The first-order chi connectivity index (χ1) is 17.8. The van der Waals surface area contributed by atoms with Crippen molar-refractivity contribution in [3.8, 4) is 6.07 Å². The zero-order chi connectivity index (χ0) is 24.3. The molecule has 1 radical (unpaired) electrons. The van der Waals surface area contributed by atoms with Crippen molar-refractivity contribution in [1.29, 1.82) is 5.26 Å². The minimum Gasteiger partial charge on any atom is -0.657 e. The van der Waals surface area contributed by atoms with Crippen LogP contribution in [0.25, 0.3) is 21.8 Å². The smallest absolute Gasteiger partial charge is 0.0991 e. The third-order valence-electron chi connectivity index (χ3n) is 6.26. The van der Waals surface area contributed by atoms with Gasteiger partial charge in [0.15, 0.2) is 0 Å². The van der Waals surface area contributed by atoms with Crippen LogP contribution in [0.3, 0.4) is 0 Å². The summed E-state index contributed by atoms with van der Waals surface area (Å²) < 4.78 is 0. The predicted molar refractivity (Wildman–Crippen MR) is 147 cm³/mol. The second-order valence-electron chi connectivity index (χ2n) is 8.49. The molecule has 0 fully saturated rings. The third-order valence-corrected chi connectivity index (χ3v) is 6.26. The Labute approximate surface area is 231 Å². The van der Waals surface area contributed by atoms with E-state index in [0.29, 0.717) is 5.56 Å². The van der Waals surface area contributed by atoms with E-state index in [1.54, 1.807) is 6.07 Å². The molecule has 37 heavy (non-hydrogen) atoms. The fraction of sp³-hybridized carbons (Fsp3) is 0. The largest absolute Gasteiger partial charge is 0.657 e. The zero-order valence-corrected chi connectivity index (χ0v) is 22.0. The van der Waals surface area contributed by atoms with Crippen molar-refractivity contribution in [2.45, 2.75) is 0 Å². The number of hydrogen-bond donors (Lipinski definition) is 0. The minimum atomic E-state index is 0. The Bertz CT molecular complexity index is 1620. The van der Waals surface area contributed by atoms with Crippen LogP contribution in [0, 0.1) is 18.0 Å². The molecule has 5 heteroatoms. The van der Waals surface area contributed by atoms with Gasteiger partial charge in [0.1, 0.15) is 0 Å². The fourth-order valence-electron chi connectivity index (χ4n) is 4.55. The van der Waals surface area contributed by atoms with Crippen molar-refractivity contribution in [3.63, 3.8) is 0 Å². The molecule has 1 aromatic heterocycles. The molecule has 2 heterocycles. The molecule has 0 aliphatic carbocycles. The van der Waals surface area contributed by atoms with Crippen LogP contribution in [0.1, 0.15) is 5.56 Å². The van der Waals surface area contributed by atoms with E-state index in [4.69, 9.17) is 5.26 Å². The number of fused-ring (bicyclic) bond motifs is 4. The molecule has 0 saturated carbocycles. The summed E-state index contributed by atoms with van der Waals surface area (Å²) >= 11 is 0. The number of hydrogen-bond acceptors (Lipinski definition) is 3. The van der Waals surface area contributed by atoms with Gasteiger partial charge in [-0.1, -0.05) is 78.9 Å². The molecule has 0 amide bonds. The quantitative estimate of drug-likeness (QED) is 0.140. The molecular weight excluding hydrogens is 637 g/mol. The molecule has 0 N–H and O–H groups in total. The van der Waals surface area contributed by atoms with Gasteiger partial charge in [0.05, 0.1) is 11.6 Å². The molecule has 1 aliphatic heterocycles. The molecule has 0 unspecified atom stereocenters. The first-order valence-electron chi connectivity index (χ1n) is 11.8. The zero-order valence-electron chi connectivity index (χ0n) is 19.8. The van der Waals surface area contributed by atoms with Gasteiger partial charge in [0.2, 0.25) is 0 Å². The van der Waals surface area contributed by atoms with Crippen LogP contribution in [-0.4, -0.2) is 0 Å². The van der Waals surface area contributed by atoms with E-state index in [0.717, 1.165) is 21.8 Å². The van der Waals surface area contributed by atoms with E-state index in [1.807, 2.05) is 48.5 Å². The summed E-state index contributed by atoms with van der Waals surface area (Å²) in [5.74, 6) is 0. The summed E-state index contributed by atoms with van der Waals surface area (Å²) in [5.41, 5.74) is 7.37. The molecular formula is C32H22AuN4-2. The van der Waals surface area contributed by atoms with Gasteiger partial charge in [-0.05, 0) is 59.3 Å². The van der Waals surface area contributed by atoms with Gasteiger partial charge >= 0.3 is 0 Å². The van der Waals surface area contributed by atoms with Crippen molar-refractivity contribution < 1.29 is 22.4 Å². The van der Waals surface area contributed by atoms with E-state index in [2.05, 4.69) is 100 Å². The van der Waals surface area contributed by atoms with E-state index in [9.17, 15) is 0 Å². The molecule has 6 aromatic rings. The van der Waals surface area contributed by atoms with Crippen LogP contribution >= 0.6 is 0 Å². The van der Waals surface area contributed by atoms with Gasteiger partial charge in [0.25, 0.3) is 0 Å². The number of nitriles is 1. The predicted octanol–water partition coefficient (Wildman–Crippen LogP) is 7.92. The van der Waals surface area contributed by atoms with E-state index in [-0.39, 0.29) is 22.4 Å². The fourth-order valence-corrected chi connectivity index (χ4v) is 4.55. The van der Waals surface area contributed by atoms with Crippen molar-refractivity contribution in [3.05, 3.63) is 140 Å². The topological polar surface area (TPSA) is 44.4 Å². The monoisotopic (exact) mass is 659 g/mol. The van der Waals surface area contributed by atoms with Crippen molar-refractivity contribution >= 4 is 44.6 Å². The summed E-state index contributed by atoms with van der Waals surface area (Å²) in [6.45, 7) is 2.15. The Morgan fingerprint density at radius 3 is 1.68 bits per heavy atom. The Balaban J connectivity index is 0.000000155. The first-order valence-corrected chi connectivity index (χ1v) is 11.8. The number of rotatable bonds is 2. The van der Waals surface area contributed by atoms with Gasteiger partial charge in [-0.25, -0.2) is 0 Å². The number of benzene rings is 5. The number of nitrogens with zero attached hydrogens (tertiary/aromatic N) is 4. The van der Waals surface area contributed by atoms with Gasteiger partial charge in [-0.2, -0.15) is 5.26 Å². The molecule has 183 valence electrons. The summed E-state index contributed by atoms with van der Waals surface area (Å²) in [7, 11) is 0. The molecule has 0 atom stereocenters. The summed E-state index contributed by atoms with van der Waals surface area (Å²) in [4.78, 5) is 8.93. The van der Waals surface area contributed by atoms with Crippen LogP contribution < -0.4 is 14.8 Å². The number of anilines is 4. The van der Waals surface area contributed by atoms with Crippen LogP contribution in [0.2, 0.25) is 0 Å². The Morgan fingerprint density at radius 1 is 0.568 bits per heavy atom. The molecule has 0 bridgehead atoms. The Hall–Kier alpha value is -4.27. The van der Waals surface area contributed by atoms with Gasteiger partial charge in [0, 0.05) is 45.1 Å². The Morgan fingerprint density at radius 2 is 1.08 bits per heavy atom. The van der Waals surface area contributed by atoms with Crippen molar-refractivity contribution in [1.82, 2.24) is 4.98 Å². The Kier molecular flexibility index (Phi) is 7.11. The molecule has 5 aromatic carbocycles. The molecule has 7 rings (SSSR count). The summed E-state index contributed by atoms with van der Waals surface area (Å²) in [6, 6.07) is 45.0.